The lowest BCUT2D eigenvalue weighted by molar-refractivity contribution is -0.0303. The van der Waals surface area contributed by atoms with Crippen LogP contribution in [0.15, 0.2) is 18.2 Å². The smallest absolute Gasteiger partial charge is 0.131 e. The first-order chi connectivity index (χ1) is 10.2. The summed E-state index contributed by atoms with van der Waals surface area (Å²) in [6, 6.07) is 4.46. The van der Waals surface area contributed by atoms with Crippen molar-refractivity contribution in [3.8, 4) is 5.75 Å². The summed E-state index contributed by atoms with van der Waals surface area (Å²) in [5.41, 5.74) is 6.65. The minimum atomic E-state index is -0.357. The summed E-state index contributed by atoms with van der Waals surface area (Å²) in [5, 5.41) is 0. The second-order valence-corrected chi connectivity index (χ2v) is 5.45. The molecule has 1 aliphatic heterocycles. The van der Waals surface area contributed by atoms with Crippen molar-refractivity contribution in [3.63, 3.8) is 0 Å². The van der Waals surface area contributed by atoms with Crippen molar-refractivity contribution in [3.05, 3.63) is 29.6 Å². The molecular formula is C16H25FN2O2. The number of ether oxygens (including phenoxy) is 2. The fraction of sp³-hybridized carbons (Fsp3) is 0.625. The van der Waals surface area contributed by atoms with Crippen LogP contribution in [0.2, 0.25) is 0 Å². The molecule has 0 bridgehead atoms. The number of nitrogens with two attached hydrogens (primary N) is 1. The molecule has 2 unspecified atom stereocenters. The maximum Gasteiger partial charge on any atom is 0.131 e. The molecule has 2 atom stereocenters. The van der Waals surface area contributed by atoms with Gasteiger partial charge in [-0.05, 0) is 25.0 Å². The van der Waals surface area contributed by atoms with Crippen LogP contribution in [0.1, 0.15) is 31.4 Å². The van der Waals surface area contributed by atoms with E-state index in [1.54, 1.807) is 19.2 Å². The van der Waals surface area contributed by atoms with Gasteiger partial charge in [-0.15, -0.1) is 0 Å². The molecule has 0 aromatic heterocycles. The van der Waals surface area contributed by atoms with Gasteiger partial charge in [0, 0.05) is 31.2 Å². The number of nitrogens with zero attached hydrogens (tertiary/aromatic N) is 1. The topological polar surface area (TPSA) is 47.7 Å². The predicted molar refractivity (Wildman–Crippen MR) is 81.0 cm³/mol. The molecule has 1 fully saturated rings. The monoisotopic (exact) mass is 296 g/mol. The van der Waals surface area contributed by atoms with Gasteiger partial charge in [0.05, 0.1) is 19.8 Å². The molecule has 118 valence electrons. The highest BCUT2D eigenvalue weighted by Gasteiger charge is 2.21. The molecule has 0 amide bonds. The van der Waals surface area contributed by atoms with Gasteiger partial charge < -0.3 is 15.2 Å². The summed E-state index contributed by atoms with van der Waals surface area (Å²) in [7, 11) is 1.54. The van der Waals surface area contributed by atoms with Crippen molar-refractivity contribution in [2.24, 2.45) is 5.73 Å². The maximum absolute atomic E-state index is 14.0. The van der Waals surface area contributed by atoms with Gasteiger partial charge in [0.2, 0.25) is 0 Å². The first-order valence-corrected chi connectivity index (χ1v) is 7.57. The van der Waals surface area contributed by atoms with Crippen LogP contribution in [-0.2, 0) is 4.74 Å². The number of rotatable bonds is 6. The molecule has 0 aliphatic carbocycles. The molecule has 1 aliphatic rings. The van der Waals surface area contributed by atoms with Gasteiger partial charge >= 0.3 is 0 Å². The van der Waals surface area contributed by atoms with E-state index >= 15 is 0 Å². The summed E-state index contributed by atoms with van der Waals surface area (Å²) in [5.74, 6) is 0.228. The molecular weight excluding hydrogens is 271 g/mol. The van der Waals surface area contributed by atoms with Gasteiger partial charge in [-0.2, -0.15) is 0 Å². The van der Waals surface area contributed by atoms with E-state index in [0.717, 1.165) is 32.7 Å². The number of hydrogen-bond acceptors (Lipinski definition) is 4. The van der Waals surface area contributed by atoms with Crippen LogP contribution in [0, 0.1) is 5.82 Å². The number of methoxy groups -OCH3 is 1. The average molecular weight is 296 g/mol. The van der Waals surface area contributed by atoms with E-state index in [2.05, 4.69) is 11.8 Å². The van der Waals surface area contributed by atoms with Crippen molar-refractivity contribution in [2.45, 2.75) is 31.9 Å². The van der Waals surface area contributed by atoms with Crippen molar-refractivity contribution in [1.29, 1.82) is 0 Å². The fourth-order valence-electron chi connectivity index (χ4n) is 2.75. The van der Waals surface area contributed by atoms with Gasteiger partial charge in [-0.1, -0.05) is 13.0 Å². The SMILES string of the molecule is CCC1CN(CCC(N)c2c(F)cccc2OC)CCO1. The zero-order valence-electron chi connectivity index (χ0n) is 12.8. The van der Waals surface area contributed by atoms with E-state index in [9.17, 15) is 4.39 Å². The van der Waals surface area contributed by atoms with Crippen LogP contribution in [0.25, 0.3) is 0 Å². The van der Waals surface area contributed by atoms with Crippen LogP contribution in [0.3, 0.4) is 0 Å². The Balaban J connectivity index is 1.94. The highest BCUT2D eigenvalue weighted by molar-refractivity contribution is 5.37. The molecule has 0 spiro atoms. The zero-order chi connectivity index (χ0) is 15.2. The van der Waals surface area contributed by atoms with Crippen LogP contribution < -0.4 is 10.5 Å². The van der Waals surface area contributed by atoms with Crippen LogP contribution in [-0.4, -0.2) is 44.4 Å². The Kier molecular flexibility index (Phi) is 5.96. The van der Waals surface area contributed by atoms with Crippen molar-refractivity contribution in [1.82, 2.24) is 4.90 Å². The Labute approximate surface area is 126 Å². The molecule has 1 aromatic carbocycles. The molecule has 1 heterocycles. The standard InChI is InChI=1S/C16H25FN2O2/c1-3-12-11-19(9-10-21-12)8-7-14(18)16-13(17)5-4-6-15(16)20-2/h4-6,12,14H,3,7-11,18H2,1-2H3. The van der Waals surface area contributed by atoms with Crippen LogP contribution >= 0.6 is 0 Å². The summed E-state index contributed by atoms with van der Waals surface area (Å²) in [6.45, 7) is 5.58. The van der Waals surface area contributed by atoms with Gasteiger partial charge in [0.25, 0.3) is 0 Å². The fourth-order valence-corrected chi connectivity index (χ4v) is 2.75. The summed E-state index contributed by atoms with van der Waals surface area (Å²) in [4.78, 5) is 2.34. The molecule has 1 aromatic rings. The lowest BCUT2D eigenvalue weighted by Crippen LogP contribution is -2.43. The normalized spacial score (nSPS) is 21.2. The molecule has 5 heteroatoms. The van der Waals surface area contributed by atoms with Crippen molar-refractivity contribution < 1.29 is 13.9 Å². The third-order valence-corrected chi connectivity index (χ3v) is 4.04. The second kappa shape index (κ2) is 7.73. The first-order valence-electron chi connectivity index (χ1n) is 7.57. The predicted octanol–water partition coefficient (Wildman–Crippen LogP) is 2.33. The molecule has 2 rings (SSSR count). The Morgan fingerprint density at radius 1 is 1.52 bits per heavy atom. The summed E-state index contributed by atoms with van der Waals surface area (Å²) >= 11 is 0. The minimum absolute atomic E-state index is 0.296. The maximum atomic E-state index is 14.0. The van der Waals surface area contributed by atoms with Gasteiger partial charge in [0.15, 0.2) is 0 Å². The number of halogens is 1. The summed E-state index contributed by atoms with van der Waals surface area (Å²) < 4.78 is 24.8. The Bertz CT molecular complexity index is 456. The number of benzene rings is 1. The highest BCUT2D eigenvalue weighted by atomic mass is 19.1. The van der Waals surface area contributed by atoms with Gasteiger partial charge in [-0.25, -0.2) is 4.39 Å². The Morgan fingerprint density at radius 3 is 3.05 bits per heavy atom. The molecule has 2 N–H and O–H groups in total. The minimum Gasteiger partial charge on any atom is -0.496 e. The quantitative estimate of drug-likeness (QED) is 0.875. The van der Waals surface area contributed by atoms with E-state index in [1.807, 2.05) is 0 Å². The molecule has 0 radical (unpaired) electrons. The van der Waals surface area contributed by atoms with E-state index in [4.69, 9.17) is 15.2 Å². The van der Waals surface area contributed by atoms with E-state index < -0.39 is 0 Å². The van der Waals surface area contributed by atoms with E-state index in [1.165, 1.54) is 6.07 Å². The van der Waals surface area contributed by atoms with Crippen molar-refractivity contribution in [2.75, 3.05) is 33.4 Å². The summed E-state index contributed by atoms with van der Waals surface area (Å²) in [6.07, 6.45) is 2.02. The molecule has 1 saturated heterocycles. The van der Waals surface area contributed by atoms with Gasteiger partial charge in [0.1, 0.15) is 11.6 Å². The molecule has 0 saturated carbocycles. The third kappa shape index (κ3) is 4.15. The largest absolute Gasteiger partial charge is 0.496 e. The third-order valence-electron chi connectivity index (χ3n) is 4.04. The molecule has 21 heavy (non-hydrogen) atoms. The highest BCUT2D eigenvalue weighted by Crippen LogP contribution is 2.28. The number of morpholine rings is 1. The average Bonchev–Trinajstić information content (AvgIpc) is 2.52. The van der Waals surface area contributed by atoms with Gasteiger partial charge in [-0.3, -0.25) is 4.90 Å². The lowest BCUT2D eigenvalue weighted by atomic mass is 10.0. The molecule has 4 nitrogen and oxygen atoms in total. The number of hydrogen-bond donors (Lipinski definition) is 1. The van der Waals surface area contributed by atoms with Crippen LogP contribution in [0.4, 0.5) is 4.39 Å². The lowest BCUT2D eigenvalue weighted by Gasteiger charge is -2.33. The Morgan fingerprint density at radius 2 is 2.33 bits per heavy atom. The van der Waals surface area contributed by atoms with E-state index in [0.29, 0.717) is 23.8 Å². The van der Waals surface area contributed by atoms with Crippen LogP contribution in [0.5, 0.6) is 5.75 Å². The van der Waals surface area contributed by atoms with Crippen molar-refractivity contribution >= 4 is 0 Å². The zero-order valence-corrected chi connectivity index (χ0v) is 12.8. The first kappa shape index (κ1) is 16.2. The Hall–Kier alpha value is -1.17. The van der Waals surface area contributed by atoms with E-state index in [-0.39, 0.29) is 11.9 Å². The second-order valence-electron chi connectivity index (χ2n) is 5.45.